The van der Waals surface area contributed by atoms with Crippen LogP contribution in [0.5, 0.6) is 0 Å². The summed E-state index contributed by atoms with van der Waals surface area (Å²) in [5.74, 6) is -0.996. The highest BCUT2D eigenvalue weighted by Crippen LogP contribution is 2.12. The zero-order valence-corrected chi connectivity index (χ0v) is 39.4. The third-order valence-corrected chi connectivity index (χ3v) is 10.0. The molecule has 0 heterocycles. The molecular formula is C55H90O6. The van der Waals surface area contributed by atoms with Crippen LogP contribution in [-0.4, -0.2) is 37.2 Å². The maximum absolute atomic E-state index is 12.8. The topological polar surface area (TPSA) is 78.9 Å². The van der Waals surface area contributed by atoms with Crippen LogP contribution in [0.4, 0.5) is 0 Å². The van der Waals surface area contributed by atoms with Crippen LogP contribution in [0.1, 0.15) is 213 Å². The Hall–Kier alpha value is -3.67. The van der Waals surface area contributed by atoms with Gasteiger partial charge in [0.1, 0.15) is 13.2 Å². The minimum atomic E-state index is -0.810. The molecule has 0 bridgehead atoms. The van der Waals surface area contributed by atoms with Crippen molar-refractivity contribution in [3.8, 4) is 0 Å². The van der Waals surface area contributed by atoms with Gasteiger partial charge in [0.05, 0.1) is 0 Å². The minimum absolute atomic E-state index is 0.107. The highest BCUT2D eigenvalue weighted by molar-refractivity contribution is 5.71. The van der Waals surface area contributed by atoms with E-state index in [0.717, 1.165) is 122 Å². The average Bonchev–Trinajstić information content (AvgIpc) is 3.26. The second-order valence-corrected chi connectivity index (χ2v) is 16.0. The first-order valence-corrected chi connectivity index (χ1v) is 24.7. The van der Waals surface area contributed by atoms with Gasteiger partial charge < -0.3 is 14.2 Å². The largest absolute Gasteiger partial charge is 0.462 e. The number of carbonyl (C=O) groups is 3. The van der Waals surface area contributed by atoms with Crippen molar-refractivity contribution in [2.24, 2.45) is 0 Å². The summed E-state index contributed by atoms with van der Waals surface area (Å²) in [6, 6.07) is 0. The number of carbonyl (C=O) groups excluding carboxylic acids is 3. The molecule has 0 fully saturated rings. The van der Waals surface area contributed by atoms with Gasteiger partial charge in [-0.05, 0) is 109 Å². The van der Waals surface area contributed by atoms with Gasteiger partial charge in [-0.3, -0.25) is 14.4 Å². The van der Waals surface area contributed by atoms with Gasteiger partial charge in [-0.2, -0.15) is 0 Å². The summed E-state index contributed by atoms with van der Waals surface area (Å²) < 4.78 is 16.7. The summed E-state index contributed by atoms with van der Waals surface area (Å²) in [6.45, 7) is 6.36. The number of esters is 3. The van der Waals surface area contributed by atoms with E-state index in [-0.39, 0.29) is 37.5 Å². The quantitative estimate of drug-likeness (QED) is 0.0263. The van der Waals surface area contributed by atoms with Gasteiger partial charge in [-0.15, -0.1) is 0 Å². The molecule has 6 nitrogen and oxygen atoms in total. The Morgan fingerprint density at radius 3 is 1.15 bits per heavy atom. The van der Waals surface area contributed by atoms with Gasteiger partial charge >= 0.3 is 17.9 Å². The second-order valence-electron chi connectivity index (χ2n) is 16.0. The number of unbranched alkanes of at least 4 members (excludes halogenated alkanes) is 16. The zero-order chi connectivity index (χ0) is 44.4. The van der Waals surface area contributed by atoms with Gasteiger partial charge in [0, 0.05) is 19.3 Å². The van der Waals surface area contributed by atoms with Gasteiger partial charge in [0.15, 0.2) is 6.10 Å². The summed E-state index contributed by atoms with van der Waals surface area (Å²) in [5.41, 5.74) is 0. The minimum Gasteiger partial charge on any atom is -0.462 e. The molecule has 1 unspecified atom stereocenters. The molecule has 0 aliphatic heterocycles. The van der Waals surface area contributed by atoms with Crippen LogP contribution in [0.25, 0.3) is 0 Å². The van der Waals surface area contributed by atoms with Crippen molar-refractivity contribution in [1.82, 2.24) is 0 Å². The van der Waals surface area contributed by atoms with E-state index in [1.807, 2.05) is 0 Å². The summed E-state index contributed by atoms with van der Waals surface area (Å²) in [4.78, 5) is 37.9. The van der Waals surface area contributed by atoms with Crippen molar-refractivity contribution in [3.63, 3.8) is 0 Å². The van der Waals surface area contributed by atoms with E-state index in [2.05, 4.69) is 118 Å². The molecule has 0 aliphatic rings. The molecular weight excluding hydrogens is 757 g/mol. The van der Waals surface area contributed by atoms with Crippen LogP contribution in [0.2, 0.25) is 0 Å². The summed E-state index contributed by atoms with van der Waals surface area (Å²) in [7, 11) is 0. The molecule has 0 spiro atoms. The Morgan fingerprint density at radius 2 is 0.689 bits per heavy atom. The predicted molar refractivity (Wildman–Crippen MR) is 260 cm³/mol. The molecule has 6 heteroatoms. The van der Waals surface area contributed by atoms with E-state index < -0.39 is 6.10 Å². The van der Waals surface area contributed by atoms with Crippen molar-refractivity contribution in [1.29, 1.82) is 0 Å². The van der Waals surface area contributed by atoms with Crippen LogP contribution >= 0.6 is 0 Å². The van der Waals surface area contributed by atoms with Gasteiger partial charge in [-0.25, -0.2) is 0 Å². The number of ether oxygens (including phenoxy) is 3. The van der Waals surface area contributed by atoms with Crippen molar-refractivity contribution in [2.45, 2.75) is 219 Å². The van der Waals surface area contributed by atoms with Crippen molar-refractivity contribution in [3.05, 3.63) is 97.2 Å². The van der Waals surface area contributed by atoms with E-state index in [1.165, 1.54) is 44.9 Å². The standard InChI is InChI=1S/C55H90O6/c1-4-7-10-13-16-19-22-25-26-27-28-31-33-36-39-42-45-48-54(57)60-51-52(61-55(58)49-46-43-40-37-34-30-24-21-18-15-12-9-6-3)50-59-53(56)47-44-41-38-35-32-29-23-20-17-14-11-8-5-2/h7,10,12,15-16,19-21,23-26,28,31,36,39,52H,4-6,8-9,11,13-14,17-18,22,27,29-30,32-35,37-38,40-51H2,1-3H3/b10-7-,15-12-,19-16-,23-20-,24-21-,26-25-,31-28-,39-36-. The molecule has 0 amide bonds. The lowest BCUT2D eigenvalue weighted by Crippen LogP contribution is -2.30. The van der Waals surface area contributed by atoms with E-state index in [0.29, 0.717) is 19.3 Å². The first-order chi connectivity index (χ1) is 30.0. The van der Waals surface area contributed by atoms with Gasteiger partial charge in [0.2, 0.25) is 0 Å². The Kier molecular flexibility index (Phi) is 46.0. The summed E-state index contributed by atoms with van der Waals surface area (Å²) in [6.07, 6.45) is 63.9. The molecule has 0 N–H and O–H groups in total. The van der Waals surface area contributed by atoms with Crippen LogP contribution in [-0.2, 0) is 28.6 Å². The summed E-state index contributed by atoms with van der Waals surface area (Å²) >= 11 is 0. The number of hydrogen-bond acceptors (Lipinski definition) is 6. The molecule has 0 radical (unpaired) electrons. The van der Waals surface area contributed by atoms with E-state index in [4.69, 9.17) is 14.2 Å². The lowest BCUT2D eigenvalue weighted by atomic mass is 10.1. The average molecular weight is 847 g/mol. The first kappa shape index (κ1) is 57.3. The highest BCUT2D eigenvalue weighted by Gasteiger charge is 2.19. The third-order valence-electron chi connectivity index (χ3n) is 10.0. The SMILES string of the molecule is CC/C=C\C/C=C\C/C=C\C/C=C\C/C=C\CCCC(=O)OCC(COC(=O)CCCCCCC/C=C\CCCCCC)OC(=O)CCCCCCC/C=C\C/C=C\CCC. The van der Waals surface area contributed by atoms with E-state index in [9.17, 15) is 14.4 Å². The fourth-order valence-electron chi connectivity index (χ4n) is 6.33. The molecule has 0 saturated heterocycles. The molecule has 346 valence electrons. The smallest absolute Gasteiger partial charge is 0.306 e. The number of allylic oxidation sites excluding steroid dienone is 16. The fraction of sp³-hybridized carbons (Fsp3) is 0.655. The Labute approximate surface area is 375 Å². The van der Waals surface area contributed by atoms with Crippen LogP contribution < -0.4 is 0 Å². The summed E-state index contributed by atoms with van der Waals surface area (Å²) in [5, 5.41) is 0. The number of rotatable bonds is 43. The molecule has 0 aliphatic carbocycles. The van der Waals surface area contributed by atoms with Gasteiger partial charge in [0.25, 0.3) is 0 Å². The van der Waals surface area contributed by atoms with Crippen LogP contribution in [0, 0.1) is 0 Å². The van der Waals surface area contributed by atoms with Crippen LogP contribution in [0.15, 0.2) is 97.2 Å². The Balaban J connectivity index is 4.52. The van der Waals surface area contributed by atoms with Crippen molar-refractivity contribution in [2.75, 3.05) is 13.2 Å². The molecule has 0 rings (SSSR count). The molecule has 0 aromatic heterocycles. The molecule has 0 saturated carbocycles. The Morgan fingerprint density at radius 1 is 0.344 bits per heavy atom. The Bertz CT molecular complexity index is 1250. The third kappa shape index (κ3) is 47.2. The lowest BCUT2D eigenvalue weighted by Gasteiger charge is -2.18. The lowest BCUT2D eigenvalue weighted by molar-refractivity contribution is -0.167. The zero-order valence-electron chi connectivity index (χ0n) is 39.4. The van der Waals surface area contributed by atoms with Gasteiger partial charge in [-0.1, -0.05) is 182 Å². The van der Waals surface area contributed by atoms with Crippen molar-refractivity contribution >= 4 is 17.9 Å². The van der Waals surface area contributed by atoms with E-state index in [1.54, 1.807) is 0 Å². The molecule has 0 aromatic carbocycles. The monoisotopic (exact) mass is 847 g/mol. The normalized spacial score (nSPS) is 12.9. The number of hydrogen-bond donors (Lipinski definition) is 0. The highest BCUT2D eigenvalue weighted by atomic mass is 16.6. The maximum atomic E-state index is 12.8. The maximum Gasteiger partial charge on any atom is 0.306 e. The molecule has 1 atom stereocenters. The molecule has 0 aromatic rings. The molecule has 61 heavy (non-hydrogen) atoms. The first-order valence-electron chi connectivity index (χ1n) is 24.7. The van der Waals surface area contributed by atoms with Crippen LogP contribution in [0.3, 0.4) is 0 Å². The fourth-order valence-corrected chi connectivity index (χ4v) is 6.33. The second kappa shape index (κ2) is 49.0. The van der Waals surface area contributed by atoms with E-state index >= 15 is 0 Å². The van der Waals surface area contributed by atoms with Crippen molar-refractivity contribution < 1.29 is 28.6 Å². The predicted octanol–water partition coefficient (Wildman–Crippen LogP) is 16.2.